The quantitative estimate of drug-likeness (QED) is 0.714. The predicted molar refractivity (Wildman–Crippen MR) is 72.9 cm³/mol. The molecule has 1 saturated heterocycles. The molecule has 0 aliphatic carbocycles. The highest BCUT2D eigenvalue weighted by Crippen LogP contribution is 2.35. The van der Waals surface area contributed by atoms with Gasteiger partial charge in [0.15, 0.2) is 0 Å². The first-order chi connectivity index (χ1) is 9.06. The Morgan fingerprint density at radius 1 is 1.32 bits per heavy atom. The molecule has 0 radical (unpaired) electrons. The van der Waals surface area contributed by atoms with E-state index >= 15 is 0 Å². The van der Waals surface area contributed by atoms with E-state index in [0.29, 0.717) is 18.0 Å². The number of hydrogen-bond donors (Lipinski definition) is 0. The summed E-state index contributed by atoms with van der Waals surface area (Å²) in [6, 6.07) is 5.44. The summed E-state index contributed by atoms with van der Waals surface area (Å²) in [5.74, 6) is 0.709. The van der Waals surface area contributed by atoms with Crippen LogP contribution in [0.15, 0.2) is 35.1 Å². The van der Waals surface area contributed by atoms with Crippen molar-refractivity contribution in [1.82, 2.24) is 9.47 Å². The molecule has 0 saturated carbocycles. The lowest BCUT2D eigenvalue weighted by molar-refractivity contribution is -0.129. The number of aromatic nitrogens is 1. The minimum Gasteiger partial charge on any atom is -0.338 e. The lowest BCUT2D eigenvalue weighted by atomic mass is 9.83. The van der Waals surface area contributed by atoms with Crippen molar-refractivity contribution < 1.29 is 4.79 Å². The highest BCUT2D eigenvalue weighted by Gasteiger charge is 2.36. The number of amides is 1. The zero-order valence-corrected chi connectivity index (χ0v) is 11.1. The monoisotopic (exact) mass is 258 g/mol. The van der Waals surface area contributed by atoms with Crippen LogP contribution in [-0.4, -0.2) is 28.5 Å². The van der Waals surface area contributed by atoms with Gasteiger partial charge in [-0.25, -0.2) is 0 Å². The van der Waals surface area contributed by atoms with E-state index in [1.807, 2.05) is 21.6 Å². The minimum absolute atomic E-state index is 0.0430. The number of rotatable bonds is 1. The van der Waals surface area contributed by atoms with Crippen molar-refractivity contribution in [2.24, 2.45) is 5.92 Å². The van der Waals surface area contributed by atoms with Gasteiger partial charge in [0.25, 0.3) is 5.56 Å². The van der Waals surface area contributed by atoms with Gasteiger partial charge < -0.3 is 9.47 Å². The molecule has 1 aromatic rings. The van der Waals surface area contributed by atoms with Crippen LogP contribution in [0.5, 0.6) is 0 Å². The van der Waals surface area contributed by atoms with E-state index in [1.54, 1.807) is 13.0 Å². The fourth-order valence-electron chi connectivity index (χ4n) is 3.33. The second-order valence-corrected chi connectivity index (χ2v) is 5.69. The lowest BCUT2D eigenvalue weighted by Gasteiger charge is -2.42. The molecule has 1 unspecified atom stereocenters. The second-order valence-electron chi connectivity index (χ2n) is 5.69. The zero-order chi connectivity index (χ0) is 13.6. The first-order valence-corrected chi connectivity index (χ1v) is 6.71. The van der Waals surface area contributed by atoms with Crippen LogP contribution in [0.3, 0.4) is 0 Å². The van der Waals surface area contributed by atoms with Crippen LogP contribution in [0.25, 0.3) is 0 Å². The Morgan fingerprint density at radius 3 is 2.84 bits per heavy atom. The molecular weight excluding hydrogens is 240 g/mol. The van der Waals surface area contributed by atoms with Gasteiger partial charge in [-0.3, -0.25) is 9.59 Å². The van der Waals surface area contributed by atoms with Crippen LogP contribution in [0.1, 0.15) is 25.0 Å². The average molecular weight is 258 g/mol. The van der Waals surface area contributed by atoms with Crippen molar-refractivity contribution in [2.45, 2.75) is 25.8 Å². The molecule has 3 rings (SSSR count). The summed E-state index contributed by atoms with van der Waals surface area (Å²) in [5, 5.41) is 0. The Kier molecular flexibility index (Phi) is 2.81. The molecule has 19 heavy (non-hydrogen) atoms. The molecule has 100 valence electrons. The molecule has 0 N–H and O–H groups in total. The fourth-order valence-corrected chi connectivity index (χ4v) is 3.33. The molecule has 2 aliphatic heterocycles. The Balaban J connectivity index is 1.94. The predicted octanol–water partition coefficient (Wildman–Crippen LogP) is 1.37. The van der Waals surface area contributed by atoms with E-state index in [1.165, 1.54) is 0 Å². The minimum atomic E-state index is 0.0430. The summed E-state index contributed by atoms with van der Waals surface area (Å²) in [6.07, 6.45) is 1.07. The van der Waals surface area contributed by atoms with Gasteiger partial charge in [-0.2, -0.15) is 0 Å². The van der Waals surface area contributed by atoms with Crippen LogP contribution in [0.4, 0.5) is 0 Å². The van der Waals surface area contributed by atoms with E-state index in [2.05, 4.69) is 6.58 Å². The molecule has 0 aromatic carbocycles. The van der Waals surface area contributed by atoms with Gasteiger partial charge in [-0.05, 0) is 25.3 Å². The van der Waals surface area contributed by atoms with Crippen LogP contribution < -0.4 is 5.56 Å². The third-order valence-electron chi connectivity index (χ3n) is 4.13. The van der Waals surface area contributed by atoms with E-state index in [0.717, 1.165) is 25.2 Å². The highest BCUT2D eigenvalue weighted by molar-refractivity contribution is 5.92. The highest BCUT2D eigenvalue weighted by atomic mass is 16.2. The van der Waals surface area contributed by atoms with Gasteiger partial charge in [0.2, 0.25) is 5.91 Å². The third kappa shape index (κ3) is 2.01. The SMILES string of the molecule is C=C(C)C(=O)N1CC2C[C@H](C1)Cn1c2cccc1=O. The Labute approximate surface area is 112 Å². The van der Waals surface area contributed by atoms with E-state index in [-0.39, 0.29) is 17.4 Å². The molecule has 3 heterocycles. The van der Waals surface area contributed by atoms with Crippen molar-refractivity contribution in [1.29, 1.82) is 0 Å². The average Bonchev–Trinajstić information content (AvgIpc) is 2.39. The summed E-state index contributed by atoms with van der Waals surface area (Å²) < 4.78 is 1.88. The van der Waals surface area contributed by atoms with Gasteiger partial charge in [-0.15, -0.1) is 0 Å². The number of hydrogen-bond acceptors (Lipinski definition) is 2. The molecular formula is C15H18N2O2. The van der Waals surface area contributed by atoms with E-state index < -0.39 is 0 Å². The molecule has 1 fully saturated rings. The maximum atomic E-state index is 12.1. The standard InChI is InChI=1S/C15H18N2O2/c1-10(2)15(19)16-7-11-6-12(9-16)13-4-3-5-14(18)17(13)8-11/h3-5,11-12H,1,6-9H2,2H3/t11-,12?/m1/s1. The summed E-state index contributed by atoms with van der Waals surface area (Å²) in [7, 11) is 0. The van der Waals surface area contributed by atoms with Crippen LogP contribution >= 0.6 is 0 Å². The number of fused-ring (bicyclic) bond motifs is 4. The third-order valence-corrected chi connectivity index (χ3v) is 4.13. The van der Waals surface area contributed by atoms with Gasteiger partial charge in [-0.1, -0.05) is 12.6 Å². The van der Waals surface area contributed by atoms with Crippen molar-refractivity contribution >= 4 is 5.91 Å². The first-order valence-electron chi connectivity index (χ1n) is 6.71. The normalized spacial score (nSPS) is 24.8. The van der Waals surface area contributed by atoms with Crippen molar-refractivity contribution in [2.75, 3.05) is 13.1 Å². The summed E-state index contributed by atoms with van der Waals surface area (Å²) in [5.41, 5.74) is 1.74. The van der Waals surface area contributed by atoms with Crippen molar-refractivity contribution in [3.8, 4) is 0 Å². The Hall–Kier alpha value is -1.84. The number of pyridine rings is 1. The maximum absolute atomic E-state index is 12.1. The number of nitrogens with zero attached hydrogens (tertiary/aromatic N) is 2. The molecule has 4 nitrogen and oxygen atoms in total. The molecule has 1 amide bonds. The molecule has 2 bridgehead atoms. The largest absolute Gasteiger partial charge is 0.338 e. The molecule has 0 spiro atoms. The number of piperidine rings is 1. The zero-order valence-electron chi connectivity index (χ0n) is 11.1. The van der Waals surface area contributed by atoms with Crippen LogP contribution in [-0.2, 0) is 11.3 Å². The summed E-state index contributed by atoms with van der Waals surface area (Å²) >= 11 is 0. The van der Waals surface area contributed by atoms with Gasteiger partial charge in [0.1, 0.15) is 0 Å². The maximum Gasteiger partial charge on any atom is 0.250 e. The van der Waals surface area contributed by atoms with E-state index in [9.17, 15) is 9.59 Å². The molecule has 2 aliphatic rings. The molecule has 1 aromatic heterocycles. The van der Waals surface area contributed by atoms with Crippen molar-refractivity contribution in [3.63, 3.8) is 0 Å². The summed E-state index contributed by atoms with van der Waals surface area (Å²) in [4.78, 5) is 25.8. The first kappa shape index (κ1) is 12.2. The number of carbonyl (C=O) groups is 1. The molecule has 2 atom stereocenters. The number of carbonyl (C=O) groups excluding carboxylic acids is 1. The van der Waals surface area contributed by atoms with Gasteiger partial charge in [0, 0.05) is 42.9 Å². The van der Waals surface area contributed by atoms with Crippen LogP contribution in [0, 0.1) is 5.92 Å². The van der Waals surface area contributed by atoms with Gasteiger partial charge >= 0.3 is 0 Å². The molecule has 4 heteroatoms. The topological polar surface area (TPSA) is 42.3 Å². The fraction of sp³-hybridized carbons (Fsp3) is 0.467. The lowest BCUT2D eigenvalue weighted by Crippen LogP contribution is -2.49. The Morgan fingerprint density at radius 2 is 2.11 bits per heavy atom. The van der Waals surface area contributed by atoms with Crippen LogP contribution in [0.2, 0.25) is 0 Å². The van der Waals surface area contributed by atoms with Crippen molar-refractivity contribution in [3.05, 3.63) is 46.4 Å². The number of likely N-dealkylation sites (tertiary alicyclic amines) is 1. The summed E-state index contributed by atoms with van der Waals surface area (Å²) in [6.45, 7) is 7.66. The Bertz CT molecular complexity index is 602. The second kappa shape index (κ2) is 4.37. The van der Waals surface area contributed by atoms with E-state index in [4.69, 9.17) is 0 Å². The smallest absolute Gasteiger partial charge is 0.250 e. The van der Waals surface area contributed by atoms with Gasteiger partial charge in [0.05, 0.1) is 0 Å².